The van der Waals surface area contributed by atoms with Crippen molar-refractivity contribution in [1.29, 1.82) is 0 Å². The van der Waals surface area contributed by atoms with E-state index in [9.17, 15) is 9.59 Å². The van der Waals surface area contributed by atoms with Crippen molar-refractivity contribution < 1.29 is 76.0 Å². The van der Waals surface area contributed by atoms with Crippen LogP contribution >= 0.6 is 0 Å². The second kappa shape index (κ2) is 12.1. The van der Waals surface area contributed by atoms with E-state index in [1.807, 2.05) is 27.9 Å². The first-order valence-corrected chi connectivity index (χ1v) is 10.7. The number of hydrogen-bond donors (Lipinski definition) is 0. The predicted octanol–water partition coefficient (Wildman–Crippen LogP) is -6.60. The van der Waals surface area contributed by atoms with E-state index in [2.05, 4.69) is 9.80 Å². The Morgan fingerprint density at radius 3 is 1.20 bits per heavy atom. The minimum atomic E-state index is -0.0972. The van der Waals surface area contributed by atoms with Gasteiger partial charge in [-0.1, -0.05) is 0 Å². The molecule has 30 heavy (non-hydrogen) atoms. The summed E-state index contributed by atoms with van der Waals surface area (Å²) in [5.74, 6) is 0.569. The van der Waals surface area contributed by atoms with Crippen LogP contribution in [-0.4, -0.2) is 136 Å². The summed E-state index contributed by atoms with van der Waals surface area (Å²) in [6.07, 6.45) is 0. The number of carbonyl (C=O) groups is 2. The monoisotopic (exact) mass is 652 g/mol. The van der Waals surface area contributed by atoms with Crippen LogP contribution < -0.4 is 48.0 Å². The van der Waals surface area contributed by atoms with Crippen molar-refractivity contribution in [2.24, 2.45) is 0 Å². The van der Waals surface area contributed by atoms with E-state index in [1.54, 1.807) is 0 Å². The lowest BCUT2D eigenvalue weighted by Gasteiger charge is -2.44. The van der Waals surface area contributed by atoms with Gasteiger partial charge in [0.15, 0.2) is 0 Å². The van der Waals surface area contributed by atoms with E-state index in [4.69, 9.17) is 9.47 Å². The number of nitrogens with zero attached hydrogens (tertiary/aromatic N) is 4. The Morgan fingerprint density at radius 1 is 0.667 bits per heavy atom. The molecule has 2 amide bonds. The maximum atomic E-state index is 13.1. The van der Waals surface area contributed by atoms with Gasteiger partial charge in [0.2, 0.25) is 0 Å². The number of carbonyl (C=O) groups excluding carboxylic acids is 2. The standard InChI is InChI=1S/C20H38N4O4.2HI/c1-17(19(25)23(3)9-13-27-14-10-23)21-5-7-22(8-6-21)18(2)20(26)24(4)11-15-28-16-12-24;;/h17-18H,5-16H2,1-4H3;2*1H/q+2;;/p-2. The number of ether oxygens (including phenoxy) is 2. The number of morpholine rings is 2. The van der Waals surface area contributed by atoms with Crippen molar-refractivity contribution in [3.8, 4) is 0 Å². The molecular weight excluding hydrogens is 614 g/mol. The third-order valence-corrected chi connectivity index (χ3v) is 7.14. The first-order valence-electron chi connectivity index (χ1n) is 10.7. The van der Waals surface area contributed by atoms with Crippen LogP contribution in [0.3, 0.4) is 0 Å². The zero-order valence-corrected chi connectivity index (χ0v) is 23.1. The number of hydrogen-bond acceptors (Lipinski definition) is 6. The van der Waals surface area contributed by atoms with Gasteiger partial charge >= 0.3 is 11.8 Å². The molecule has 0 radical (unpaired) electrons. The number of halogens is 2. The van der Waals surface area contributed by atoms with Gasteiger partial charge in [-0.2, -0.15) is 0 Å². The summed E-state index contributed by atoms with van der Waals surface area (Å²) in [6, 6.07) is -0.194. The Kier molecular flexibility index (Phi) is 11.6. The Labute approximate surface area is 215 Å². The molecule has 3 aliphatic rings. The lowest BCUT2D eigenvalue weighted by Crippen LogP contribution is -3.00. The lowest BCUT2D eigenvalue weighted by atomic mass is 10.1. The van der Waals surface area contributed by atoms with Gasteiger partial charge in [0.1, 0.15) is 38.3 Å². The van der Waals surface area contributed by atoms with E-state index in [-0.39, 0.29) is 71.9 Å². The molecule has 3 rings (SSSR count). The number of amides is 2. The fourth-order valence-electron chi connectivity index (χ4n) is 4.66. The maximum Gasteiger partial charge on any atom is 0.330 e. The van der Waals surface area contributed by atoms with Crippen molar-refractivity contribution in [1.82, 2.24) is 9.80 Å². The van der Waals surface area contributed by atoms with Gasteiger partial charge in [0.05, 0.1) is 40.5 Å². The maximum absolute atomic E-state index is 13.1. The van der Waals surface area contributed by atoms with E-state index in [0.717, 1.165) is 52.4 Å². The molecular formula is C20H38I2N4O4. The SMILES string of the molecule is CC(C(=O)[N+]1(C)CCOCC1)N1CCN(C(C)C(=O)[N+]2(C)CCOCC2)CC1.[I-].[I-]. The zero-order valence-electron chi connectivity index (χ0n) is 18.8. The van der Waals surface area contributed by atoms with Crippen molar-refractivity contribution in [2.45, 2.75) is 25.9 Å². The summed E-state index contributed by atoms with van der Waals surface area (Å²) in [7, 11) is 4.07. The van der Waals surface area contributed by atoms with Crippen LogP contribution in [0, 0.1) is 0 Å². The van der Waals surface area contributed by atoms with Gasteiger partial charge in [-0.3, -0.25) is 18.8 Å². The highest BCUT2D eigenvalue weighted by Crippen LogP contribution is 2.19. The van der Waals surface area contributed by atoms with Crippen LogP contribution in [0.2, 0.25) is 0 Å². The van der Waals surface area contributed by atoms with Crippen LogP contribution in [0.5, 0.6) is 0 Å². The summed E-state index contributed by atoms with van der Waals surface area (Å²) in [5.41, 5.74) is 0. The smallest absolute Gasteiger partial charge is 0.330 e. The molecule has 2 atom stereocenters. The molecule has 0 aromatic heterocycles. The van der Waals surface area contributed by atoms with Crippen LogP contribution in [-0.2, 0) is 19.1 Å². The highest BCUT2D eigenvalue weighted by Gasteiger charge is 2.43. The van der Waals surface area contributed by atoms with Gasteiger partial charge in [-0.15, -0.1) is 0 Å². The van der Waals surface area contributed by atoms with E-state index < -0.39 is 0 Å². The average molecular weight is 652 g/mol. The molecule has 0 N–H and O–H groups in total. The lowest BCUT2D eigenvalue weighted by molar-refractivity contribution is -0.844. The van der Waals surface area contributed by atoms with Gasteiger partial charge < -0.3 is 57.4 Å². The quantitative estimate of drug-likeness (QED) is 0.223. The minimum Gasteiger partial charge on any atom is -1.00 e. The summed E-state index contributed by atoms with van der Waals surface area (Å²) < 4.78 is 11.8. The Bertz CT molecular complexity index is 525. The number of likely N-dealkylation sites (N-methyl/N-ethyl adjacent to an activating group) is 2. The van der Waals surface area contributed by atoms with Gasteiger partial charge in [0.25, 0.3) is 0 Å². The molecule has 2 unspecified atom stereocenters. The molecule has 0 saturated carbocycles. The summed E-state index contributed by atoms with van der Waals surface area (Å²) in [4.78, 5) is 30.7. The highest BCUT2D eigenvalue weighted by atomic mass is 127. The number of rotatable bonds is 4. The third-order valence-electron chi connectivity index (χ3n) is 7.14. The Morgan fingerprint density at radius 2 is 0.933 bits per heavy atom. The highest BCUT2D eigenvalue weighted by molar-refractivity contribution is 5.75. The van der Waals surface area contributed by atoms with E-state index >= 15 is 0 Å². The second-order valence-electron chi connectivity index (χ2n) is 9.01. The van der Waals surface area contributed by atoms with Crippen LogP contribution in [0.15, 0.2) is 0 Å². The number of quaternary nitrogens is 2. The Hall–Kier alpha value is 0.560. The molecule has 8 nitrogen and oxygen atoms in total. The van der Waals surface area contributed by atoms with Crippen molar-refractivity contribution in [2.75, 3.05) is 92.9 Å². The van der Waals surface area contributed by atoms with Gasteiger partial charge in [-0.25, -0.2) is 9.59 Å². The van der Waals surface area contributed by atoms with E-state index in [1.165, 1.54) is 0 Å². The third kappa shape index (κ3) is 6.33. The van der Waals surface area contributed by atoms with Crippen molar-refractivity contribution in [3.63, 3.8) is 0 Å². The molecule has 0 bridgehead atoms. The van der Waals surface area contributed by atoms with Crippen LogP contribution in [0.4, 0.5) is 0 Å². The van der Waals surface area contributed by atoms with Gasteiger partial charge in [-0.05, 0) is 13.8 Å². The molecule has 3 heterocycles. The molecule has 176 valence electrons. The fourth-order valence-corrected chi connectivity index (χ4v) is 4.66. The summed E-state index contributed by atoms with van der Waals surface area (Å²) >= 11 is 0. The van der Waals surface area contributed by atoms with Crippen LogP contribution in [0.1, 0.15) is 13.8 Å². The fraction of sp³-hybridized carbons (Fsp3) is 0.900. The average Bonchev–Trinajstić information content (AvgIpc) is 2.73. The minimum absolute atomic E-state index is 0. The molecule has 0 spiro atoms. The first-order chi connectivity index (χ1) is 13.3. The van der Waals surface area contributed by atoms with Crippen LogP contribution in [0.25, 0.3) is 0 Å². The summed E-state index contributed by atoms with van der Waals surface area (Å²) in [5, 5.41) is 0. The molecule has 3 aliphatic heterocycles. The second-order valence-corrected chi connectivity index (χ2v) is 9.01. The molecule has 0 aromatic rings. The Balaban J connectivity index is 0.00000225. The molecule has 10 heteroatoms. The summed E-state index contributed by atoms with van der Waals surface area (Å²) in [6.45, 7) is 13.0. The zero-order chi connectivity index (χ0) is 20.4. The topological polar surface area (TPSA) is 59.1 Å². The molecule has 0 aromatic carbocycles. The molecule has 0 aliphatic carbocycles. The molecule has 3 fully saturated rings. The van der Waals surface area contributed by atoms with Crippen molar-refractivity contribution in [3.05, 3.63) is 0 Å². The molecule has 3 saturated heterocycles. The predicted molar refractivity (Wildman–Crippen MR) is 106 cm³/mol. The first kappa shape index (κ1) is 28.6. The normalized spacial score (nSPS) is 26.5. The van der Waals surface area contributed by atoms with E-state index in [0.29, 0.717) is 35.4 Å². The van der Waals surface area contributed by atoms with Gasteiger partial charge in [0, 0.05) is 26.2 Å². The number of piperazine rings is 1. The van der Waals surface area contributed by atoms with Crippen molar-refractivity contribution >= 4 is 11.8 Å². The largest absolute Gasteiger partial charge is 1.00 e.